The first-order chi connectivity index (χ1) is 10.6. The van der Waals surface area contributed by atoms with Gasteiger partial charge in [0.25, 0.3) is 0 Å². The number of anilines is 1. The third kappa shape index (κ3) is 3.28. The van der Waals surface area contributed by atoms with Crippen LogP contribution in [-0.4, -0.2) is 54.7 Å². The second-order valence-electron chi connectivity index (χ2n) is 5.80. The fraction of sp³-hybridized carbons (Fsp3) is 0.500. The molecule has 2 saturated heterocycles. The number of hydrogen-bond donors (Lipinski definition) is 1. The van der Waals surface area contributed by atoms with Gasteiger partial charge in [0, 0.05) is 38.3 Å². The van der Waals surface area contributed by atoms with Crippen LogP contribution in [-0.2, 0) is 20.9 Å². The Morgan fingerprint density at radius 3 is 2.50 bits per heavy atom. The van der Waals surface area contributed by atoms with Gasteiger partial charge in [-0.1, -0.05) is 12.1 Å². The van der Waals surface area contributed by atoms with E-state index >= 15 is 0 Å². The predicted octanol–water partition coefficient (Wildman–Crippen LogP) is 0.956. The van der Waals surface area contributed by atoms with Crippen molar-refractivity contribution in [2.24, 2.45) is 5.92 Å². The van der Waals surface area contributed by atoms with E-state index in [9.17, 15) is 9.59 Å². The van der Waals surface area contributed by atoms with Crippen LogP contribution in [0.15, 0.2) is 24.3 Å². The van der Waals surface area contributed by atoms with E-state index in [2.05, 4.69) is 4.90 Å². The van der Waals surface area contributed by atoms with Gasteiger partial charge in [-0.15, -0.1) is 0 Å². The quantitative estimate of drug-likeness (QED) is 0.897. The topological polar surface area (TPSA) is 70.1 Å². The summed E-state index contributed by atoms with van der Waals surface area (Å²) >= 11 is 0. The monoisotopic (exact) mass is 304 g/mol. The van der Waals surface area contributed by atoms with E-state index in [1.807, 2.05) is 24.3 Å². The fourth-order valence-corrected chi connectivity index (χ4v) is 2.92. The summed E-state index contributed by atoms with van der Waals surface area (Å²) in [5, 5.41) is 9.03. The number of carboxylic acid groups (broad SMARTS) is 1. The fourth-order valence-electron chi connectivity index (χ4n) is 2.92. The Morgan fingerprint density at radius 2 is 1.91 bits per heavy atom. The van der Waals surface area contributed by atoms with Gasteiger partial charge in [0.05, 0.1) is 19.1 Å². The maximum absolute atomic E-state index is 11.9. The Balaban J connectivity index is 1.64. The summed E-state index contributed by atoms with van der Waals surface area (Å²) in [6, 6.07) is 7.81. The van der Waals surface area contributed by atoms with Gasteiger partial charge in [-0.3, -0.25) is 14.5 Å². The molecule has 1 atom stereocenters. The van der Waals surface area contributed by atoms with Crippen LogP contribution in [0, 0.1) is 5.92 Å². The van der Waals surface area contributed by atoms with Gasteiger partial charge in [-0.05, 0) is 17.7 Å². The lowest BCUT2D eigenvalue weighted by atomic mass is 10.1. The molecule has 0 aliphatic carbocycles. The molecule has 22 heavy (non-hydrogen) atoms. The number of carbonyl (C=O) groups is 2. The second kappa shape index (κ2) is 6.46. The molecule has 1 N–H and O–H groups in total. The van der Waals surface area contributed by atoms with Crippen LogP contribution in [0.2, 0.25) is 0 Å². The Hall–Kier alpha value is -1.92. The van der Waals surface area contributed by atoms with Crippen molar-refractivity contribution in [2.75, 3.05) is 37.7 Å². The maximum Gasteiger partial charge on any atom is 0.308 e. The van der Waals surface area contributed by atoms with E-state index in [0.717, 1.165) is 38.5 Å². The molecule has 0 unspecified atom stereocenters. The zero-order chi connectivity index (χ0) is 15.5. The minimum absolute atomic E-state index is 0.0882. The summed E-state index contributed by atoms with van der Waals surface area (Å²) in [5.41, 5.74) is 1.96. The van der Waals surface area contributed by atoms with Crippen LogP contribution in [0.4, 0.5) is 5.69 Å². The number of nitrogens with zero attached hydrogens (tertiary/aromatic N) is 2. The van der Waals surface area contributed by atoms with E-state index in [0.29, 0.717) is 0 Å². The second-order valence-corrected chi connectivity index (χ2v) is 5.80. The van der Waals surface area contributed by atoms with Crippen LogP contribution in [0.3, 0.4) is 0 Å². The highest BCUT2D eigenvalue weighted by molar-refractivity contribution is 5.99. The summed E-state index contributed by atoms with van der Waals surface area (Å²) in [6.07, 6.45) is 0.0882. The Kier molecular flexibility index (Phi) is 4.40. The zero-order valence-corrected chi connectivity index (χ0v) is 12.4. The van der Waals surface area contributed by atoms with Crippen LogP contribution in [0.1, 0.15) is 12.0 Å². The lowest BCUT2D eigenvalue weighted by Crippen LogP contribution is -2.35. The minimum atomic E-state index is -0.903. The number of hydrogen-bond acceptors (Lipinski definition) is 4. The first kappa shape index (κ1) is 15.0. The number of carbonyl (C=O) groups excluding carboxylic acids is 1. The molecule has 0 radical (unpaired) electrons. The van der Waals surface area contributed by atoms with Crippen LogP contribution in [0.5, 0.6) is 0 Å². The van der Waals surface area contributed by atoms with Crippen molar-refractivity contribution in [1.29, 1.82) is 0 Å². The van der Waals surface area contributed by atoms with Crippen molar-refractivity contribution < 1.29 is 19.4 Å². The summed E-state index contributed by atoms with van der Waals surface area (Å²) < 4.78 is 5.33. The van der Waals surface area contributed by atoms with Gasteiger partial charge in [-0.2, -0.15) is 0 Å². The maximum atomic E-state index is 11.9. The zero-order valence-electron chi connectivity index (χ0n) is 12.4. The number of rotatable bonds is 4. The average Bonchev–Trinajstić information content (AvgIpc) is 2.91. The number of carboxylic acids is 1. The van der Waals surface area contributed by atoms with E-state index in [4.69, 9.17) is 9.84 Å². The first-order valence-electron chi connectivity index (χ1n) is 7.55. The summed E-state index contributed by atoms with van der Waals surface area (Å²) in [5.74, 6) is -1.62. The number of benzene rings is 1. The molecule has 1 aromatic rings. The van der Waals surface area contributed by atoms with E-state index in [1.54, 1.807) is 4.90 Å². The molecule has 0 aromatic heterocycles. The van der Waals surface area contributed by atoms with Gasteiger partial charge in [0.2, 0.25) is 5.91 Å². The molecular formula is C16H20N2O4. The van der Waals surface area contributed by atoms with Crippen molar-refractivity contribution in [2.45, 2.75) is 13.0 Å². The molecule has 2 heterocycles. The Bertz CT molecular complexity index is 552. The predicted molar refractivity (Wildman–Crippen MR) is 80.6 cm³/mol. The summed E-state index contributed by atoms with van der Waals surface area (Å²) in [6.45, 7) is 4.56. The molecule has 2 fully saturated rings. The molecule has 118 valence electrons. The van der Waals surface area contributed by atoms with E-state index in [1.165, 1.54) is 5.56 Å². The molecule has 6 nitrogen and oxygen atoms in total. The molecule has 0 saturated carbocycles. The van der Waals surface area contributed by atoms with Crippen molar-refractivity contribution in [3.63, 3.8) is 0 Å². The lowest BCUT2D eigenvalue weighted by Gasteiger charge is -2.26. The molecule has 2 aliphatic heterocycles. The van der Waals surface area contributed by atoms with Crippen LogP contribution < -0.4 is 4.90 Å². The van der Waals surface area contributed by atoms with Crippen molar-refractivity contribution in [3.05, 3.63) is 29.8 Å². The molecule has 0 spiro atoms. The molecule has 1 aromatic carbocycles. The standard InChI is InChI=1S/C16H20N2O4/c19-15-9-13(16(20)21)11-18(15)14-3-1-12(2-4-14)10-17-5-7-22-8-6-17/h1-4,13H,5-11H2,(H,20,21)/t13-/m0/s1. The number of amides is 1. The van der Waals surface area contributed by atoms with Crippen LogP contribution >= 0.6 is 0 Å². The SMILES string of the molecule is O=C(O)[C@H]1CC(=O)N(c2ccc(CN3CCOCC3)cc2)C1. The molecule has 1 amide bonds. The number of ether oxygens (including phenoxy) is 1. The molecule has 0 bridgehead atoms. The molecule has 3 rings (SSSR count). The normalized spacial score (nSPS) is 23.0. The molecule has 6 heteroatoms. The molecule has 2 aliphatic rings. The van der Waals surface area contributed by atoms with Gasteiger partial charge >= 0.3 is 5.97 Å². The number of morpholine rings is 1. The largest absolute Gasteiger partial charge is 0.481 e. The average molecular weight is 304 g/mol. The molecular weight excluding hydrogens is 284 g/mol. The van der Waals surface area contributed by atoms with Gasteiger partial charge in [-0.25, -0.2) is 0 Å². The summed E-state index contributed by atoms with van der Waals surface area (Å²) in [4.78, 5) is 26.8. The van der Waals surface area contributed by atoms with E-state index in [-0.39, 0.29) is 18.9 Å². The van der Waals surface area contributed by atoms with Gasteiger partial charge in [0.15, 0.2) is 0 Å². The first-order valence-corrected chi connectivity index (χ1v) is 7.55. The van der Waals surface area contributed by atoms with Crippen LogP contribution in [0.25, 0.3) is 0 Å². The lowest BCUT2D eigenvalue weighted by molar-refractivity contribution is -0.141. The van der Waals surface area contributed by atoms with Gasteiger partial charge < -0.3 is 14.7 Å². The highest BCUT2D eigenvalue weighted by Gasteiger charge is 2.34. The Morgan fingerprint density at radius 1 is 1.23 bits per heavy atom. The third-order valence-electron chi connectivity index (χ3n) is 4.23. The minimum Gasteiger partial charge on any atom is -0.481 e. The van der Waals surface area contributed by atoms with Crippen molar-refractivity contribution in [3.8, 4) is 0 Å². The highest BCUT2D eigenvalue weighted by atomic mass is 16.5. The van der Waals surface area contributed by atoms with E-state index < -0.39 is 11.9 Å². The Labute approximate surface area is 129 Å². The summed E-state index contributed by atoms with van der Waals surface area (Å²) in [7, 11) is 0. The number of aliphatic carboxylic acids is 1. The highest BCUT2D eigenvalue weighted by Crippen LogP contribution is 2.25. The third-order valence-corrected chi connectivity index (χ3v) is 4.23. The van der Waals surface area contributed by atoms with Gasteiger partial charge in [0.1, 0.15) is 0 Å². The van der Waals surface area contributed by atoms with Crippen molar-refractivity contribution >= 4 is 17.6 Å². The smallest absolute Gasteiger partial charge is 0.308 e. The van der Waals surface area contributed by atoms with Crippen molar-refractivity contribution in [1.82, 2.24) is 4.90 Å².